The molecule has 2 N–H and O–H groups in total. The van der Waals surface area contributed by atoms with E-state index in [1.165, 1.54) is 0 Å². The van der Waals surface area contributed by atoms with Crippen molar-refractivity contribution in [1.29, 1.82) is 0 Å². The second kappa shape index (κ2) is 7.74. The van der Waals surface area contributed by atoms with Crippen LogP contribution in [0.2, 0.25) is 0 Å². The number of amides is 1. The number of aliphatic hydroxyl groups is 1. The van der Waals surface area contributed by atoms with E-state index in [-0.39, 0.29) is 18.0 Å². The summed E-state index contributed by atoms with van der Waals surface area (Å²) in [6.45, 7) is 1.51. The second-order valence-electron chi connectivity index (χ2n) is 5.49. The van der Waals surface area contributed by atoms with Crippen molar-refractivity contribution in [2.24, 2.45) is 5.92 Å². The van der Waals surface area contributed by atoms with Gasteiger partial charge in [0.1, 0.15) is 5.69 Å². The largest absolute Gasteiger partial charge is 0.433 e. The van der Waals surface area contributed by atoms with Gasteiger partial charge in [-0.25, -0.2) is 0 Å². The van der Waals surface area contributed by atoms with Gasteiger partial charge in [0.25, 0.3) is 5.91 Å². The molecule has 2 heterocycles. The number of carbonyl (C=O) groups excluding carboxylic acids is 1. The number of alkyl halides is 3. The zero-order valence-electron chi connectivity index (χ0n) is 12.5. The first-order valence-corrected chi connectivity index (χ1v) is 7.45. The van der Waals surface area contributed by atoms with E-state index >= 15 is 0 Å². The van der Waals surface area contributed by atoms with Gasteiger partial charge < -0.3 is 15.2 Å². The summed E-state index contributed by atoms with van der Waals surface area (Å²) in [7, 11) is 0. The fraction of sp³-hybridized carbons (Fsp3) is 0.600. The Hall–Kier alpha value is -1.67. The van der Waals surface area contributed by atoms with Crippen LogP contribution in [-0.4, -0.2) is 41.9 Å². The van der Waals surface area contributed by atoms with Gasteiger partial charge in [0.15, 0.2) is 0 Å². The van der Waals surface area contributed by atoms with Gasteiger partial charge in [-0.05, 0) is 37.3 Å². The Kier molecular flexibility index (Phi) is 5.95. The van der Waals surface area contributed by atoms with Crippen molar-refractivity contribution < 1.29 is 27.8 Å². The SMILES string of the molecule is O=C(NCC[C@H](O)C1CCOCC1)c1ccc(C(F)(F)F)nc1. The van der Waals surface area contributed by atoms with E-state index in [9.17, 15) is 23.1 Å². The molecular weight excluding hydrogens is 313 g/mol. The fourth-order valence-electron chi connectivity index (χ4n) is 2.47. The van der Waals surface area contributed by atoms with E-state index in [4.69, 9.17) is 4.74 Å². The number of ether oxygens (including phenoxy) is 1. The molecule has 1 aliphatic rings. The van der Waals surface area contributed by atoms with Gasteiger partial charge in [-0.3, -0.25) is 9.78 Å². The quantitative estimate of drug-likeness (QED) is 0.865. The molecule has 1 saturated heterocycles. The first kappa shape index (κ1) is 17.7. The summed E-state index contributed by atoms with van der Waals surface area (Å²) in [6, 6.07) is 1.85. The first-order chi connectivity index (χ1) is 10.9. The Morgan fingerprint density at radius 2 is 2.09 bits per heavy atom. The van der Waals surface area contributed by atoms with Crippen LogP contribution in [0.25, 0.3) is 0 Å². The molecule has 23 heavy (non-hydrogen) atoms. The minimum absolute atomic E-state index is 0.0542. The number of halogens is 3. The molecule has 0 radical (unpaired) electrons. The van der Waals surface area contributed by atoms with E-state index < -0.39 is 23.9 Å². The van der Waals surface area contributed by atoms with Crippen molar-refractivity contribution in [3.8, 4) is 0 Å². The van der Waals surface area contributed by atoms with Crippen LogP contribution in [0, 0.1) is 5.92 Å². The third kappa shape index (κ3) is 5.18. The molecule has 0 aromatic carbocycles. The number of rotatable bonds is 5. The number of nitrogens with one attached hydrogen (secondary N) is 1. The van der Waals surface area contributed by atoms with Gasteiger partial charge in [-0.15, -0.1) is 0 Å². The molecule has 5 nitrogen and oxygen atoms in total. The topological polar surface area (TPSA) is 71.5 Å². The standard InChI is InChI=1S/C15H19F3N2O3/c16-15(17,18)13-2-1-11(9-20-13)14(22)19-6-3-12(21)10-4-7-23-8-5-10/h1-2,9-10,12,21H,3-8H2,(H,19,22)/t12-/m0/s1. The highest BCUT2D eigenvalue weighted by molar-refractivity contribution is 5.93. The summed E-state index contributed by atoms with van der Waals surface area (Å²) in [6.07, 6.45) is -2.18. The average molecular weight is 332 g/mol. The summed E-state index contributed by atoms with van der Waals surface area (Å²) in [4.78, 5) is 15.1. The number of hydrogen-bond acceptors (Lipinski definition) is 4. The zero-order chi connectivity index (χ0) is 16.9. The molecule has 2 rings (SSSR count). The minimum Gasteiger partial charge on any atom is -0.393 e. The maximum absolute atomic E-state index is 12.4. The lowest BCUT2D eigenvalue weighted by Gasteiger charge is -2.26. The van der Waals surface area contributed by atoms with Crippen LogP contribution in [0.5, 0.6) is 0 Å². The lowest BCUT2D eigenvalue weighted by molar-refractivity contribution is -0.141. The smallest absolute Gasteiger partial charge is 0.393 e. The Labute approximate surface area is 131 Å². The highest BCUT2D eigenvalue weighted by atomic mass is 19.4. The highest BCUT2D eigenvalue weighted by Crippen LogP contribution is 2.27. The molecule has 0 saturated carbocycles. The maximum atomic E-state index is 12.4. The van der Waals surface area contributed by atoms with E-state index in [2.05, 4.69) is 10.3 Å². The monoisotopic (exact) mass is 332 g/mol. The van der Waals surface area contributed by atoms with Crippen molar-refractivity contribution in [2.45, 2.75) is 31.5 Å². The van der Waals surface area contributed by atoms with Crippen LogP contribution in [0.3, 0.4) is 0 Å². The van der Waals surface area contributed by atoms with Crippen molar-refractivity contribution >= 4 is 5.91 Å². The van der Waals surface area contributed by atoms with Gasteiger partial charge in [0.05, 0.1) is 11.7 Å². The minimum atomic E-state index is -4.52. The number of nitrogens with zero attached hydrogens (tertiary/aromatic N) is 1. The highest BCUT2D eigenvalue weighted by Gasteiger charge is 2.32. The summed E-state index contributed by atoms with van der Waals surface area (Å²) in [5.74, 6) is -0.348. The number of carbonyl (C=O) groups is 1. The molecule has 0 aliphatic carbocycles. The summed E-state index contributed by atoms with van der Waals surface area (Å²) >= 11 is 0. The first-order valence-electron chi connectivity index (χ1n) is 7.45. The predicted octanol–water partition coefficient (Wildman–Crippen LogP) is 2.01. The third-order valence-corrected chi connectivity index (χ3v) is 3.85. The van der Waals surface area contributed by atoms with Gasteiger partial charge in [-0.1, -0.05) is 0 Å². The molecular formula is C15H19F3N2O3. The van der Waals surface area contributed by atoms with Crippen molar-refractivity contribution in [3.63, 3.8) is 0 Å². The van der Waals surface area contributed by atoms with E-state index in [1.807, 2.05) is 0 Å². The zero-order valence-corrected chi connectivity index (χ0v) is 12.5. The Balaban J connectivity index is 1.78. The van der Waals surface area contributed by atoms with Crippen molar-refractivity contribution in [1.82, 2.24) is 10.3 Å². The summed E-state index contributed by atoms with van der Waals surface area (Å²) in [5, 5.41) is 12.6. The van der Waals surface area contributed by atoms with Gasteiger partial charge >= 0.3 is 6.18 Å². The predicted molar refractivity (Wildman–Crippen MR) is 75.7 cm³/mol. The molecule has 1 aromatic rings. The normalized spacial score (nSPS) is 17.7. The Morgan fingerprint density at radius 3 is 2.65 bits per heavy atom. The van der Waals surface area contributed by atoms with E-state index in [0.29, 0.717) is 19.6 Å². The molecule has 1 aliphatic heterocycles. The molecule has 1 aromatic heterocycles. The van der Waals surface area contributed by atoms with Crippen molar-refractivity contribution in [2.75, 3.05) is 19.8 Å². The van der Waals surface area contributed by atoms with Gasteiger partial charge in [-0.2, -0.15) is 13.2 Å². The average Bonchev–Trinajstić information content (AvgIpc) is 2.54. The lowest BCUT2D eigenvalue weighted by Crippen LogP contribution is -2.32. The van der Waals surface area contributed by atoms with Crippen LogP contribution in [0.15, 0.2) is 18.3 Å². The van der Waals surface area contributed by atoms with Crippen LogP contribution in [0.4, 0.5) is 13.2 Å². The third-order valence-electron chi connectivity index (χ3n) is 3.85. The maximum Gasteiger partial charge on any atom is 0.433 e. The fourth-order valence-corrected chi connectivity index (χ4v) is 2.47. The number of pyridine rings is 1. The van der Waals surface area contributed by atoms with Crippen LogP contribution >= 0.6 is 0 Å². The summed E-state index contributed by atoms with van der Waals surface area (Å²) < 4.78 is 42.4. The van der Waals surface area contributed by atoms with Crippen LogP contribution < -0.4 is 5.32 Å². The molecule has 1 amide bonds. The number of aliphatic hydroxyl groups excluding tert-OH is 1. The lowest BCUT2D eigenvalue weighted by atomic mass is 9.92. The Morgan fingerprint density at radius 1 is 1.39 bits per heavy atom. The molecule has 0 spiro atoms. The molecule has 8 heteroatoms. The molecule has 1 atom stereocenters. The molecule has 1 fully saturated rings. The van der Waals surface area contributed by atoms with Crippen LogP contribution in [0.1, 0.15) is 35.3 Å². The second-order valence-corrected chi connectivity index (χ2v) is 5.49. The number of aromatic nitrogens is 1. The number of hydrogen-bond donors (Lipinski definition) is 2. The van der Waals surface area contributed by atoms with Crippen LogP contribution in [-0.2, 0) is 10.9 Å². The molecule has 128 valence electrons. The van der Waals surface area contributed by atoms with Gasteiger partial charge in [0.2, 0.25) is 0 Å². The molecule has 0 bridgehead atoms. The van der Waals surface area contributed by atoms with E-state index in [1.54, 1.807) is 0 Å². The van der Waals surface area contributed by atoms with Crippen molar-refractivity contribution in [3.05, 3.63) is 29.6 Å². The Bertz CT molecular complexity index is 514. The van der Waals surface area contributed by atoms with Gasteiger partial charge in [0, 0.05) is 26.0 Å². The molecule has 0 unspecified atom stereocenters. The summed E-state index contributed by atoms with van der Waals surface area (Å²) in [5.41, 5.74) is -0.984. The van der Waals surface area contributed by atoms with E-state index in [0.717, 1.165) is 31.2 Å².